The van der Waals surface area contributed by atoms with Crippen LogP contribution in [0.15, 0.2) is 42.7 Å². The zero-order valence-electron chi connectivity index (χ0n) is 22.9. The van der Waals surface area contributed by atoms with Crippen LogP contribution in [-0.4, -0.2) is 11.6 Å². The second-order valence-corrected chi connectivity index (χ2v) is 11.0. The minimum absolute atomic E-state index is 0.534. The van der Waals surface area contributed by atoms with E-state index >= 15 is 0 Å². The molecule has 1 heterocycles. The molecule has 194 valence electrons. The summed E-state index contributed by atoms with van der Waals surface area (Å²) < 4.78 is 6.31. The summed E-state index contributed by atoms with van der Waals surface area (Å²) in [5.41, 5.74) is 3.94. The first kappa shape index (κ1) is 27.8. The molecule has 2 heteroatoms. The van der Waals surface area contributed by atoms with Gasteiger partial charge in [0.2, 0.25) is 0 Å². The van der Waals surface area contributed by atoms with E-state index in [0.717, 1.165) is 30.6 Å². The molecule has 2 nitrogen and oxygen atoms in total. The molecular weight excluding hydrogens is 426 g/mol. The number of ether oxygens (including phenoxy) is 1. The summed E-state index contributed by atoms with van der Waals surface area (Å²) in [6, 6.07) is 10.8. The van der Waals surface area contributed by atoms with Crippen LogP contribution in [0.25, 0.3) is 11.1 Å². The van der Waals surface area contributed by atoms with Crippen molar-refractivity contribution in [3.8, 4) is 16.9 Å². The highest BCUT2D eigenvalue weighted by atomic mass is 16.5. The van der Waals surface area contributed by atoms with E-state index < -0.39 is 0 Å². The minimum Gasteiger partial charge on any atom is -0.493 e. The van der Waals surface area contributed by atoms with Crippen molar-refractivity contribution in [2.24, 2.45) is 11.8 Å². The van der Waals surface area contributed by atoms with E-state index in [1.54, 1.807) is 0 Å². The van der Waals surface area contributed by atoms with Crippen LogP contribution in [-0.2, 0) is 0 Å². The number of rotatable bonds is 16. The molecule has 0 N–H and O–H groups in total. The lowest BCUT2D eigenvalue weighted by Crippen LogP contribution is -2.19. The largest absolute Gasteiger partial charge is 0.493 e. The number of aromatic nitrogens is 1. The smallest absolute Gasteiger partial charge is 0.127 e. The summed E-state index contributed by atoms with van der Waals surface area (Å²) in [7, 11) is 0. The first-order chi connectivity index (χ1) is 17.2. The van der Waals surface area contributed by atoms with Crippen LogP contribution < -0.4 is 4.74 Å². The standard InChI is InChI=1S/C33H51NO/c1-4-6-8-10-12-16-28-19-21-29(22-20-28)27(3)32-26-34-24-23-30(32)31-17-13-14-18-33(31)35-25-15-11-9-7-5-2/h13-14,17-18,23-24,26-29H,4-12,15-16,19-22,25H2,1-3H3. The molecule has 1 unspecified atom stereocenters. The van der Waals surface area contributed by atoms with Crippen molar-refractivity contribution < 1.29 is 4.74 Å². The molecule has 0 radical (unpaired) electrons. The number of nitrogens with zero attached hydrogens (tertiary/aromatic N) is 1. The predicted molar refractivity (Wildman–Crippen MR) is 151 cm³/mol. The van der Waals surface area contributed by atoms with Gasteiger partial charge in [-0.3, -0.25) is 4.98 Å². The molecule has 1 fully saturated rings. The number of hydrogen-bond donors (Lipinski definition) is 0. The fourth-order valence-electron chi connectivity index (χ4n) is 5.98. The van der Waals surface area contributed by atoms with Crippen LogP contribution in [0.1, 0.15) is 129 Å². The van der Waals surface area contributed by atoms with Gasteiger partial charge in [-0.15, -0.1) is 0 Å². The average Bonchev–Trinajstić information content (AvgIpc) is 2.91. The lowest BCUT2D eigenvalue weighted by Gasteiger charge is -2.33. The second-order valence-electron chi connectivity index (χ2n) is 11.0. The fraction of sp³-hybridized carbons (Fsp3) is 0.667. The van der Waals surface area contributed by atoms with Crippen molar-refractivity contribution in [3.63, 3.8) is 0 Å². The van der Waals surface area contributed by atoms with Gasteiger partial charge >= 0.3 is 0 Å². The Morgan fingerprint density at radius 2 is 1.49 bits per heavy atom. The molecule has 35 heavy (non-hydrogen) atoms. The van der Waals surface area contributed by atoms with Crippen LogP contribution in [0.2, 0.25) is 0 Å². The van der Waals surface area contributed by atoms with E-state index in [0.29, 0.717) is 5.92 Å². The molecule has 0 bridgehead atoms. The normalized spacial score (nSPS) is 18.9. The maximum absolute atomic E-state index is 6.31. The quantitative estimate of drug-likeness (QED) is 0.224. The van der Waals surface area contributed by atoms with Crippen LogP contribution in [0, 0.1) is 11.8 Å². The van der Waals surface area contributed by atoms with E-state index in [-0.39, 0.29) is 0 Å². The topological polar surface area (TPSA) is 22.1 Å². The third-order valence-corrected chi connectivity index (χ3v) is 8.34. The predicted octanol–water partition coefficient (Wildman–Crippen LogP) is 10.4. The maximum Gasteiger partial charge on any atom is 0.127 e. The molecule has 0 amide bonds. The SMILES string of the molecule is CCCCCCCOc1ccccc1-c1ccncc1C(C)C1CCC(CCCCCCC)CC1. The number of unbranched alkanes of at least 4 members (excludes halogenated alkanes) is 8. The van der Waals surface area contributed by atoms with E-state index in [2.05, 4.69) is 62.3 Å². The van der Waals surface area contributed by atoms with E-state index in [1.807, 2.05) is 6.20 Å². The van der Waals surface area contributed by atoms with Gasteiger partial charge in [-0.05, 0) is 60.3 Å². The highest BCUT2D eigenvalue weighted by Crippen LogP contribution is 2.43. The molecule has 1 aliphatic rings. The molecule has 1 aromatic carbocycles. The Kier molecular flexibility index (Phi) is 12.7. The lowest BCUT2D eigenvalue weighted by atomic mass is 9.72. The Labute approximate surface area is 216 Å². The Morgan fingerprint density at radius 1 is 0.800 bits per heavy atom. The van der Waals surface area contributed by atoms with Crippen molar-refractivity contribution in [3.05, 3.63) is 48.3 Å². The summed E-state index contributed by atoms with van der Waals surface area (Å²) in [5, 5.41) is 0. The molecule has 0 saturated heterocycles. The van der Waals surface area contributed by atoms with Gasteiger partial charge in [-0.2, -0.15) is 0 Å². The van der Waals surface area contributed by atoms with Crippen molar-refractivity contribution >= 4 is 0 Å². The van der Waals surface area contributed by atoms with Gasteiger partial charge in [0, 0.05) is 18.0 Å². The Bertz CT molecular complexity index is 823. The summed E-state index contributed by atoms with van der Waals surface area (Å²) >= 11 is 0. The van der Waals surface area contributed by atoms with Crippen LogP contribution in [0.4, 0.5) is 0 Å². The molecular formula is C33H51NO. The lowest BCUT2D eigenvalue weighted by molar-refractivity contribution is 0.236. The van der Waals surface area contributed by atoms with Crippen molar-refractivity contribution in [1.82, 2.24) is 4.98 Å². The minimum atomic E-state index is 0.534. The monoisotopic (exact) mass is 477 g/mol. The van der Waals surface area contributed by atoms with Gasteiger partial charge in [0.05, 0.1) is 6.61 Å². The summed E-state index contributed by atoms with van der Waals surface area (Å²) in [6.07, 6.45) is 24.5. The summed E-state index contributed by atoms with van der Waals surface area (Å²) in [5.74, 6) is 3.28. The van der Waals surface area contributed by atoms with Crippen LogP contribution in [0.3, 0.4) is 0 Å². The van der Waals surface area contributed by atoms with Crippen LogP contribution in [0.5, 0.6) is 5.75 Å². The molecule has 1 atom stereocenters. The van der Waals surface area contributed by atoms with Crippen molar-refractivity contribution in [2.75, 3.05) is 6.61 Å². The average molecular weight is 478 g/mol. The molecule has 1 aliphatic carbocycles. The Balaban J connectivity index is 1.58. The number of pyridine rings is 1. The molecule has 1 saturated carbocycles. The van der Waals surface area contributed by atoms with Gasteiger partial charge in [0.15, 0.2) is 0 Å². The number of hydrogen-bond acceptors (Lipinski definition) is 2. The van der Waals surface area contributed by atoms with E-state index in [4.69, 9.17) is 4.74 Å². The summed E-state index contributed by atoms with van der Waals surface area (Å²) in [4.78, 5) is 4.56. The first-order valence-corrected chi connectivity index (χ1v) is 14.9. The van der Waals surface area contributed by atoms with E-state index in [1.165, 1.54) is 107 Å². The van der Waals surface area contributed by atoms with Gasteiger partial charge < -0.3 is 4.74 Å². The highest BCUT2D eigenvalue weighted by molar-refractivity contribution is 5.73. The zero-order valence-corrected chi connectivity index (χ0v) is 22.9. The third-order valence-electron chi connectivity index (χ3n) is 8.34. The van der Waals surface area contributed by atoms with Gasteiger partial charge in [-0.1, -0.05) is 116 Å². The maximum atomic E-state index is 6.31. The van der Waals surface area contributed by atoms with Crippen molar-refractivity contribution in [2.45, 2.75) is 123 Å². The summed E-state index contributed by atoms with van der Waals surface area (Å²) in [6.45, 7) is 7.81. The molecule has 0 spiro atoms. The third kappa shape index (κ3) is 8.96. The number of para-hydroxylation sites is 1. The van der Waals surface area contributed by atoms with Gasteiger partial charge in [-0.25, -0.2) is 0 Å². The highest BCUT2D eigenvalue weighted by Gasteiger charge is 2.27. The second kappa shape index (κ2) is 16.0. The van der Waals surface area contributed by atoms with Gasteiger partial charge in [0.25, 0.3) is 0 Å². The molecule has 3 rings (SSSR count). The van der Waals surface area contributed by atoms with E-state index in [9.17, 15) is 0 Å². The first-order valence-electron chi connectivity index (χ1n) is 14.9. The Hall–Kier alpha value is -1.83. The zero-order chi connectivity index (χ0) is 24.7. The molecule has 0 aliphatic heterocycles. The van der Waals surface area contributed by atoms with Gasteiger partial charge in [0.1, 0.15) is 5.75 Å². The fourth-order valence-corrected chi connectivity index (χ4v) is 5.98. The van der Waals surface area contributed by atoms with Crippen molar-refractivity contribution in [1.29, 1.82) is 0 Å². The molecule has 2 aromatic rings. The van der Waals surface area contributed by atoms with Crippen LogP contribution >= 0.6 is 0 Å². The number of benzene rings is 1. The Morgan fingerprint density at radius 3 is 2.23 bits per heavy atom. The molecule has 1 aromatic heterocycles.